The Labute approximate surface area is 118 Å². The highest BCUT2D eigenvalue weighted by Crippen LogP contribution is 2.27. The minimum Gasteiger partial charge on any atom is -0.454 e. The summed E-state index contributed by atoms with van der Waals surface area (Å²) in [4.78, 5) is 32.6. The topological polar surface area (TPSA) is 108 Å². The molecule has 0 aliphatic rings. The SMILES string of the molecule is COCC(=O)OCC(=O)Nc1cc(Cl)ccc1[N+](=O)[O-]. The number of anilines is 1. The van der Waals surface area contributed by atoms with Crippen LogP contribution in [0.2, 0.25) is 5.02 Å². The number of esters is 1. The number of methoxy groups -OCH3 is 1. The van der Waals surface area contributed by atoms with Gasteiger partial charge in [-0.3, -0.25) is 14.9 Å². The van der Waals surface area contributed by atoms with E-state index < -0.39 is 23.4 Å². The van der Waals surface area contributed by atoms with Crippen LogP contribution in [0.4, 0.5) is 11.4 Å². The summed E-state index contributed by atoms with van der Waals surface area (Å²) >= 11 is 5.70. The highest BCUT2D eigenvalue weighted by molar-refractivity contribution is 6.31. The minimum absolute atomic E-state index is 0.0738. The number of benzene rings is 1. The second-order valence-electron chi connectivity index (χ2n) is 3.56. The molecule has 20 heavy (non-hydrogen) atoms. The van der Waals surface area contributed by atoms with Crippen molar-refractivity contribution in [1.29, 1.82) is 0 Å². The maximum Gasteiger partial charge on any atom is 0.332 e. The molecular formula is C11H11ClN2O6. The van der Waals surface area contributed by atoms with Gasteiger partial charge in [-0.2, -0.15) is 0 Å². The number of nitrogens with one attached hydrogen (secondary N) is 1. The molecule has 0 aliphatic heterocycles. The Morgan fingerprint density at radius 1 is 1.40 bits per heavy atom. The summed E-state index contributed by atoms with van der Waals surface area (Å²) in [5.41, 5.74) is -0.388. The first-order chi connectivity index (χ1) is 9.43. The van der Waals surface area contributed by atoms with Crippen LogP contribution < -0.4 is 5.32 Å². The lowest BCUT2D eigenvalue weighted by molar-refractivity contribution is -0.383. The first-order valence-corrected chi connectivity index (χ1v) is 5.70. The largest absolute Gasteiger partial charge is 0.454 e. The number of carbonyl (C=O) groups excluding carboxylic acids is 2. The van der Waals surface area contributed by atoms with Gasteiger partial charge in [-0.05, 0) is 12.1 Å². The summed E-state index contributed by atoms with van der Waals surface area (Å²) in [5, 5.41) is 13.2. The van der Waals surface area contributed by atoms with E-state index in [0.717, 1.165) is 6.07 Å². The average molecular weight is 303 g/mol. The van der Waals surface area contributed by atoms with Gasteiger partial charge in [0.1, 0.15) is 12.3 Å². The second-order valence-corrected chi connectivity index (χ2v) is 4.00. The molecule has 0 saturated carbocycles. The number of hydrogen-bond donors (Lipinski definition) is 1. The molecule has 8 nitrogen and oxygen atoms in total. The van der Waals surface area contributed by atoms with Gasteiger partial charge in [0.15, 0.2) is 6.61 Å². The fourth-order valence-corrected chi connectivity index (χ4v) is 1.43. The maximum atomic E-state index is 11.5. The van der Waals surface area contributed by atoms with Crippen molar-refractivity contribution >= 4 is 34.9 Å². The van der Waals surface area contributed by atoms with Crippen LogP contribution in [0.25, 0.3) is 0 Å². The monoisotopic (exact) mass is 302 g/mol. The van der Waals surface area contributed by atoms with E-state index in [4.69, 9.17) is 11.6 Å². The number of ether oxygens (including phenoxy) is 2. The molecule has 0 saturated heterocycles. The van der Waals surface area contributed by atoms with E-state index in [1.807, 2.05) is 0 Å². The molecule has 1 amide bonds. The molecule has 9 heteroatoms. The van der Waals surface area contributed by atoms with Crippen molar-refractivity contribution in [3.05, 3.63) is 33.3 Å². The van der Waals surface area contributed by atoms with Gasteiger partial charge in [0.05, 0.1) is 4.92 Å². The van der Waals surface area contributed by atoms with Crippen molar-refractivity contribution in [3.8, 4) is 0 Å². The van der Waals surface area contributed by atoms with Crippen LogP contribution in [0.3, 0.4) is 0 Å². The van der Waals surface area contributed by atoms with Gasteiger partial charge in [-0.15, -0.1) is 0 Å². The smallest absolute Gasteiger partial charge is 0.332 e. The first kappa shape index (κ1) is 15.9. The summed E-state index contributed by atoms with van der Waals surface area (Å²) in [7, 11) is 1.30. The normalized spacial score (nSPS) is 9.90. The molecule has 1 aromatic rings. The van der Waals surface area contributed by atoms with Gasteiger partial charge in [0, 0.05) is 18.2 Å². The van der Waals surface area contributed by atoms with Gasteiger partial charge in [0.2, 0.25) is 0 Å². The molecule has 0 radical (unpaired) electrons. The summed E-state index contributed by atoms with van der Waals surface area (Å²) in [6.07, 6.45) is 0. The summed E-state index contributed by atoms with van der Waals surface area (Å²) in [6.45, 7) is -0.865. The number of hydrogen-bond acceptors (Lipinski definition) is 6. The number of nitro groups is 1. The Morgan fingerprint density at radius 2 is 2.10 bits per heavy atom. The lowest BCUT2D eigenvalue weighted by Gasteiger charge is -2.07. The van der Waals surface area contributed by atoms with E-state index in [1.54, 1.807) is 0 Å². The van der Waals surface area contributed by atoms with Crippen molar-refractivity contribution < 1.29 is 24.0 Å². The van der Waals surface area contributed by atoms with Gasteiger partial charge in [0.25, 0.3) is 11.6 Å². The van der Waals surface area contributed by atoms with Gasteiger partial charge < -0.3 is 14.8 Å². The van der Waals surface area contributed by atoms with Crippen LogP contribution in [0, 0.1) is 10.1 Å². The van der Waals surface area contributed by atoms with Crippen LogP contribution in [0.1, 0.15) is 0 Å². The molecule has 0 unspecified atom stereocenters. The molecule has 1 N–H and O–H groups in total. The number of nitro benzene ring substituents is 1. The quantitative estimate of drug-likeness (QED) is 0.483. The maximum absolute atomic E-state index is 11.5. The molecule has 0 spiro atoms. The third-order valence-corrected chi connectivity index (χ3v) is 2.29. The number of rotatable bonds is 6. The van der Waals surface area contributed by atoms with E-state index in [-0.39, 0.29) is 23.0 Å². The number of amides is 1. The molecule has 0 fully saturated rings. The average Bonchev–Trinajstić information content (AvgIpc) is 2.36. The summed E-state index contributed by atoms with van der Waals surface area (Å²) < 4.78 is 9.08. The number of carbonyl (C=O) groups is 2. The van der Waals surface area contributed by atoms with E-state index in [9.17, 15) is 19.7 Å². The summed E-state index contributed by atoms with van der Waals surface area (Å²) in [6, 6.07) is 3.72. The van der Waals surface area contributed by atoms with Crippen LogP contribution in [-0.2, 0) is 19.1 Å². The van der Waals surface area contributed by atoms with Crippen molar-refractivity contribution in [2.75, 3.05) is 25.6 Å². The molecule has 1 aromatic carbocycles. The Morgan fingerprint density at radius 3 is 2.70 bits per heavy atom. The third-order valence-electron chi connectivity index (χ3n) is 2.06. The Kier molecular flexibility index (Phi) is 5.88. The van der Waals surface area contributed by atoms with Crippen molar-refractivity contribution in [2.24, 2.45) is 0 Å². The van der Waals surface area contributed by atoms with Crippen LogP contribution >= 0.6 is 11.6 Å². The predicted molar refractivity (Wildman–Crippen MR) is 69.6 cm³/mol. The number of nitrogens with zero attached hydrogens (tertiary/aromatic N) is 1. The standard InChI is InChI=1S/C11H11ClN2O6/c1-19-6-11(16)20-5-10(15)13-8-4-7(12)2-3-9(8)14(17)18/h2-4H,5-6H2,1H3,(H,13,15). The predicted octanol–water partition coefficient (Wildman–Crippen LogP) is 1.38. The number of halogens is 1. The zero-order valence-electron chi connectivity index (χ0n) is 10.4. The minimum atomic E-state index is -0.722. The van der Waals surface area contributed by atoms with E-state index >= 15 is 0 Å². The van der Waals surface area contributed by atoms with Crippen molar-refractivity contribution in [3.63, 3.8) is 0 Å². The Bertz CT molecular complexity index is 534. The zero-order chi connectivity index (χ0) is 15.1. The van der Waals surface area contributed by atoms with Gasteiger partial charge >= 0.3 is 5.97 Å². The van der Waals surface area contributed by atoms with Crippen molar-refractivity contribution in [1.82, 2.24) is 0 Å². The van der Waals surface area contributed by atoms with E-state index in [0.29, 0.717) is 0 Å². The molecule has 1 rings (SSSR count). The lowest BCUT2D eigenvalue weighted by Crippen LogP contribution is -2.23. The zero-order valence-corrected chi connectivity index (χ0v) is 11.2. The molecule has 0 atom stereocenters. The molecule has 108 valence electrons. The molecule has 0 aromatic heterocycles. The van der Waals surface area contributed by atoms with Crippen molar-refractivity contribution in [2.45, 2.75) is 0 Å². The Balaban J connectivity index is 2.68. The van der Waals surface area contributed by atoms with Gasteiger partial charge in [-0.1, -0.05) is 11.6 Å². The summed E-state index contributed by atoms with van der Waals surface area (Å²) in [5.74, 6) is -1.44. The first-order valence-electron chi connectivity index (χ1n) is 5.32. The third kappa shape index (κ3) is 4.82. The van der Waals surface area contributed by atoms with Crippen LogP contribution in [-0.4, -0.2) is 37.1 Å². The highest BCUT2D eigenvalue weighted by Gasteiger charge is 2.17. The second kappa shape index (κ2) is 7.41. The molecule has 0 heterocycles. The highest BCUT2D eigenvalue weighted by atomic mass is 35.5. The Hall–Kier alpha value is -2.19. The molecular weight excluding hydrogens is 292 g/mol. The van der Waals surface area contributed by atoms with E-state index in [1.165, 1.54) is 19.2 Å². The lowest BCUT2D eigenvalue weighted by atomic mass is 10.2. The fourth-order valence-electron chi connectivity index (χ4n) is 1.26. The fraction of sp³-hybridized carbons (Fsp3) is 0.273. The van der Waals surface area contributed by atoms with Crippen LogP contribution in [0.15, 0.2) is 18.2 Å². The van der Waals surface area contributed by atoms with Crippen LogP contribution in [0.5, 0.6) is 0 Å². The molecule has 0 aliphatic carbocycles. The van der Waals surface area contributed by atoms with E-state index in [2.05, 4.69) is 14.8 Å². The molecule has 0 bridgehead atoms. The van der Waals surface area contributed by atoms with Gasteiger partial charge in [-0.25, -0.2) is 4.79 Å².